The normalized spacial score (nSPS) is 18.1. The monoisotopic (exact) mass is 270 g/mol. The fourth-order valence-corrected chi connectivity index (χ4v) is 1.11. The molecule has 0 spiro atoms. The van der Waals surface area contributed by atoms with E-state index in [1.165, 1.54) is 0 Å². The molecule has 1 saturated heterocycles. The Bertz CT molecular complexity index is 332. The third kappa shape index (κ3) is 8.82. The zero-order valence-electron chi connectivity index (χ0n) is 14.0. The van der Waals surface area contributed by atoms with Gasteiger partial charge in [0.25, 0.3) is 0 Å². The number of hydrogen-bond acceptors (Lipinski definition) is 3. The first-order valence-corrected chi connectivity index (χ1v) is 6.83. The SMILES string of the molecule is CC(C)(C)C1CO1.CC(C)=C(C)C(=O)OC(C)(C)C. The van der Waals surface area contributed by atoms with Crippen molar-refractivity contribution in [2.45, 2.75) is 74.0 Å². The Labute approximate surface area is 118 Å². The second-order valence-corrected chi connectivity index (χ2v) is 7.31. The first kappa shape index (κ1) is 18.2. The molecule has 0 N–H and O–H groups in total. The standard InChI is InChI=1S/C10H18O2.C6H12O/c1-7(2)8(3)9(11)12-10(4,5)6;1-6(2,3)5-4-7-5/h1-6H3;5H,4H2,1-3H3. The van der Waals surface area contributed by atoms with Crippen molar-refractivity contribution < 1.29 is 14.3 Å². The molecule has 0 amide bonds. The van der Waals surface area contributed by atoms with Crippen LogP contribution < -0.4 is 0 Å². The Kier molecular flexibility index (Phi) is 6.27. The molecule has 0 saturated carbocycles. The lowest BCUT2D eigenvalue weighted by atomic mass is 9.93. The summed E-state index contributed by atoms with van der Waals surface area (Å²) in [5.41, 5.74) is 1.70. The Hall–Kier alpha value is -0.830. The number of allylic oxidation sites excluding steroid dienone is 1. The average Bonchev–Trinajstić information content (AvgIpc) is 2.95. The van der Waals surface area contributed by atoms with E-state index in [0.29, 0.717) is 17.1 Å². The maximum Gasteiger partial charge on any atom is 0.334 e. The Morgan fingerprint density at radius 1 is 1.05 bits per heavy atom. The van der Waals surface area contributed by atoms with E-state index in [1.54, 1.807) is 6.92 Å². The number of rotatable bonds is 1. The molecule has 112 valence electrons. The van der Waals surface area contributed by atoms with Crippen LogP contribution in [0.3, 0.4) is 0 Å². The van der Waals surface area contributed by atoms with Crippen LogP contribution >= 0.6 is 0 Å². The minimum atomic E-state index is -0.395. The van der Waals surface area contributed by atoms with Gasteiger partial charge in [-0.15, -0.1) is 0 Å². The van der Waals surface area contributed by atoms with Gasteiger partial charge in [0, 0.05) is 5.57 Å². The Morgan fingerprint density at radius 3 is 1.63 bits per heavy atom. The molecule has 0 aromatic rings. The molecule has 0 aromatic heterocycles. The smallest absolute Gasteiger partial charge is 0.334 e. The maximum atomic E-state index is 11.3. The van der Waals surface area contributed by atoms with E-state index in [2.05, 4.69) is 20.8 Å². The second-order valence-electron chi connectivity index (χ2n) is 7.31. The van der Waals surface area contributed by atoms with E-state index >= 15 is 0 Å². The summed E-state index contributed by atoms with van der Waals surface area (Å²) >= 11 is 0. The summed E-state index contributed by atoms with van der Waals surface area (Å²) < 4.78 is 10.2. The lowest BCUT2D eigenvalue weighted by Gasteiger charge is -2.20. The summed E-state index contributed by atoms with van der Waals surface area (Å²) in [7, 11) is 0. The number of epoxide rings is 1. The van der Waals surface area contributed by atoms with Crippen molar-refractivity contribution in [2.24, 2.45) is 5.41 Å². The van der Waals surface area contributed by atoms with Gasteiger partial charge in [-0.2, -0.15) is 0 Å². The predicted molar refractivity (Wildman–Crippen MR) is 79.1 cm³/mol. The zero-order chi connectivity index (χ0) is 15.4. The van der Waals surface area contributed by atoms with Crippen LogP contribution in [0.5, 0.6) is 0 Å². The van der Waals surface area contributed by atoms with E-state index in [0.717, 1.165) is 12.2 Å². The number of hydrogen-bond donors (Lipinski definition) is 0. The molecule has 1 heterocycles. The minimum Gasteiger partial charge on any atom is -0.457 e. The van der Waals surface area contributed by atoms with Gasteiger partial charge in [-0.1, -0.05) is 26.3 Å². The first-order chi connectivity index (χ1) is 8.34. The third-order valence-corrected chi connectivity index (χ3v) is 2.75. The van der Waals surface area contributed by atoms with Crippen molar-refractivity contribution in [3.05, 3.63) is 11.1 Å². The summed E-state index contributed by atoms with van der Waals surface area (Å²) in [6.07, 6.45) is 0.549. The topological polar surface area (TPSA) is 38.8 Å². The molecule has 1 rings (SSSR count). The second kappa shape index (κ2) is 6.56. The van der Waals surface area contributed by atoms with E-state index in [4.69, 9.17) is 9.47 Å². The molecule has 0 bridgehead atoms. The Balaban J connectivity index is 0.000000388. The van der Waals surface area contributed by atoms with Crippen LogP contribution in [0.2, 0.25) is 0 Å². The molecule has 1 aliphatic rings. The highest BCUT2D eigenvalue weighted by molar-refractivity contribution is 5.88. The molecule has 19 heavy (non-hydrogen) atoms. The molecule has 1 atom stereocenters. The van der Waals surface area contributed by atoms with Crippen molar-refractivity contribution in [3.63, 3.8) is 0 Å². The molecular formula is C16H30O3. The number of esters is 1. The van der Waals surface area contributed by atoms with E-state index in [9.17, 15) is 4.79 Å². The van der Waals surface area contributed by atoms with Crippen LogP contribution in [-0.2, 0) is 14.3 Å². The molecule has 3 heteroatoms. The van der Waals surface area contributed by atoms with Gasteiger partial charge in [0.1, 0.15) is 5.60 Å². The van der Waals surface area contributed by atoms with Crippen molar-refractivity contribution in [2.75, 3.05) is 6.61 Å². The molecule has 0 aromatic carbocycles. The minimum absolute atomic E-state index is 0.220. The summed E-state index contributed by atoms with van der Waals surface area (Å²) in [6.45, 7) is 18.8. The lowest BCUT2D eigenvalue weighted by Crippen LogP contribution is -2.24. The maximum absolute atomic E-state index is 11.3. The molecule has 3 nitrogen and oxygen atoms in total. The predicted octanol–water partition coefficient (Wildman–Crippen LogP) is 4.12. The average molecular weight is 270 g/mol. The van der Waals surface area contributed by atoms with Gasteiger partial charge in [-0.05, 0) is 47.0 Å². The molecular weight excluding hydrogens is 240 g/mol. The van der Waals surface area contributed by atoms with Crippen molar-refractivity contribution in [1.82, 2.24) is 0 Å². The van der Waals surface area contributed by atoms with Crippen LogP contribution in [0.1, 0.15) is 62.3 Å². The Morgan fingerprint density at radius 2 is 1.47 bits per heavy atom. The fourth-order valence-electron chi connectivity index (χ4n) is 1.11. The number of carbonyl (C=O) groups excluding carboxylic acids is 1. The lowest BCUT2D eigenvalue weighted by molar-refractivity contribution is -0.149. The number of ether oxygens (including phenoxy) is 2. The van der Waals surface area contributed by atoms with Crippen molar-refractivity contribution >= 4 is 5.97 Å². The van der Waals surface area contributed by atoms with Gasteiger partial charge in [0.2, 0.25) is 0 Å². The third-order valence-electron chi connectivity index (χ3n) is 2.75. The molecule has 1 fully saturated rings. The quantitative estimate of drug-likeness (QED) is 0.409. The summed E-state index contributed by atoms with van der Waals surface area (Å²) in [4.78, 5) is 11.3. The summed E-state index contributed by atoms with van der Waals surface area (Å²) in [5, 5.41) is 0. The van der Waals surface area contributed by atoms with Gasteiger partial charge in [0.05, 0.1) is 12.7 Å². The molecule has 1 aliphatic heterocycles. The van der Waals surface area contributed by atoms with Gasteiger partial charge < -0.3 is 9.47 Å². The summed E-state index contributed by atoms with van der Waals surface area (Å²) in [6, 6.07) is 0. The summed E-state index contributed by atoms with van der Waals surface area (Å²) in [5.74, 6) is -0.220. The molecule has 1 unspecified atom stereocenters. The van der Waals surface area contributed by atoms with Crippen molar-refractivity contribution in [3.8, 4) is 0 Å². The van der Waals surface area contributed by atoms with Gasteiger partial charge >= 0.3 is 5.97 Å². The van der Waals surface area contributed by atoms with Crippen LogP contribution in [0, 0.1) is 5.41 Å². The van der Waals surface area contributed by atoms with Gasteiger partial charge in [-0.3, -0.25) is 0 Å². The van der Waals surface area contributed by atoms with Crippen LogP contribution in [-0.4, -0.2) is 24.3 Å². The first-order valence-electron chi connectivity index (χ1n) is 6.83. The van der Waals surface area contributed by atoms with Crippen LogP contribution in [0.4, 0.5) is 0 Å². The highest BCUT2D eigenvalue weighted by atomic mass is 16.6. The van der Waals surface area contributed by atoms with Crippen LogP contribution in [0.15, 0.2) is 11.1 Å². The molecule has 0 radical (unpaired) electrons. The highest BCUT2D eigenvalue weighted by Crippen LogP contribution is 2.30. The zero-order valence-corrected chi connectivity index (χ0v) is 14.0. The van der Waals surface area contributed by atoms with Gasteiger partial charge in [0.15, 0.2) is 0 Å². The van der Waals surface area contributed by atoms with Crippen LogP contribution in [0.25, 0.3) is 0 Å². The largest absolute Gasteiger partial charge is 0.457 e. The number of carbonyl (C=O) groups is 1. The van der Waals surface area contributed by atoms with Crippen molar-refractivity contribution in [1.29, 1.82) is 0 Å². The highest BCUT2D eigenvalue weighted by Gasteiger charge is 2.35. The van der Waals surface area contributed by atoms with E-state index in [-0.39, 0.29) is 5.97 Å². The fraction of sp³-hybridized carbons (Fsp3) is 0.812. The van der Waals surface area contributed by atoms with E-state index < -0.39 is 5.60 Å². The van der Waals surface area contributed by atoms with Gasteiger partial charge in [-0.25, -0.2) is 4.79 Å². The molecule has 0 aliphatic carbocycles. The van der Waals surface area contributed by atoms with E-state index in [1.807, 2.05) is 34.6 Å².